The molecular formula is C15H17N3S. The minimum Gasteiger partial charge on any atom is -0.389 e. The van der Waals surface area contributed by atoms with Crippen LogP contribution in [0.1, 0.15) is 23.7 Å². The first-order valence-electron chi connectivity index (χ1n) is 6.23. The van der Waals surface area contributed by atoms with Gasteiger partial charge in [0, 0.05) is 11.4 Å². The second-order valence-corrected chi connectivity index (χ2v) is 4.83. The summed E-state index contributed by atoms with van der Waals surface area (Å²) >= 11 is 5.06. The van der Waals surface area contributed by atoms with Crippen molar-refractivity contribution < 1.29 is 0 Å². The molecule has 0 saturated carbocycles. The molecule has 2 aromatic rings. The highest BCUT2D eigenvalue weighted by Crippen LogP contribution is 2.20. The van der Waals surface area contributed by atoms with Crippen molar-refractivity contribution in [3.05, 3.63) is 53.2 Å². The van der Waals surface area contributed by atoms with Crippen LogP contribution in [-0.2, 0) is 6.42 Å². The topological polar surface area (TPSA) is 50.9 Å². The average Bonchev–Trinajstić information content (AvgIpc) is 2.38. The molecule has 0 aliphatic rings. The molecule has 19 heavy (non-hydrogen) atoms. The first-order chi connectivity index (χ1) is 9.10. The zero-order valence-electron chi connectivity index (χ0n) is 11.1. The summed E-state index contributed by atoms with van der Waals surface area (Å²) in [5, 5.41) is 3.29. The van der Waals surface area contributed by atoms with Crippen molar-refractivity contribution in [2.45, 2.75) is 20.3 Å². The molecule has 0 amide bonds. The van der Waals surface area contributed by atoms with E-state index in [0.29, 0.717) is 10.8 Å². The van der Waals surface area contributed by atoms with Crippen LogP contribution in [0, 0.1) is 6.92 Å². The van der Waals surface area contributed by atoms with E-state index in [1.165, 1.54) is 5.56 Å². The van der Waals surface area contributed by atoms with Crippen LogP contribution in [0.15, 0.2) is 36.4 Å². The molecule has 0 fully saturated rings. The molecule has 0 radical (unpaired) electrons. The monoisotopic (exact) mass is 271 g/mol. The number of nitrogens with zero attached hydrogens (tertiary/aromatic N) is 1. The lowest BCUT2D eigenvalue weighted by molar-refractivity contribution is 1.14. The standard InChI is InChI=1S/C15H17N3S/c1-3-11-5-4-6-12(9-11)18-15-13(14(16)19)8-7-10(2)17-15/h4-9H,3H2,1-2H3,(H2,16,19)(H,17,18). The quantitative estimate of drug-likeness (QED) is 0.837. The molecule has 0 atom stereocenters. The molecule has 0 unspecified atom stereocenters. The van der Waals surface area contributed by atoms with Gasteiger partial charge < -0.3 is 11.1 Å². The van der Waals surface area contributed by atoms with Crippen molar-refractivity contribution in [2.24, 2.45) is 5.73 Å². The van der Waals surface area contributed by atoms with Crippen LogP contribution in [0.25, 0.3) is 0 Å². The third-order valence-electron chi connectivity index (χ3n) is 2.90. The predicted molar refractivity (Wildman–Crippen MR) is 84.0 cm³/mol. The van der Waals surface area contributed by atoms with Crippen molar-refractivity contribution in [3.8, 4) is 0 Å². The summed E-state index contributed by atoms with van der Waals surface area (Å²) in [4.78, 5) is 4.82. The van der Waals surface area contributed by atoms with Crippen LogP contribution >= 0.6 is 12.2 Å². The van der Waals surface area contributed by atoms with Gasteiger partial charge in [-0.2, -0.15) is 0 Å². The minimum atomic E-state index is 0.349. The van der Waals surface area contributed by atoms with Gasteiger partial charge in [0.25, 0.3) is 0 Å². The van der Waals surface area contributed by atoms with Gasteiger partial charge in [-0.3, -0.25) is 0 Å². The molecule has 2 rings (SSSR count). The van der Waals surface area contributed by atoms with Crippen LogP contribution in [0.4, 0.5) is 11.5 Å². The number of nitrogens with two attached hydrogens (primary N) is 1. The van der Waals surface area contributed by atoms with Gasteiger partial charge in [0.05, 0.1) is 5.56 Å². The zero-order chi connectivity index (χ0) is 13.8. The number of hydrogen-bond acceptors (Lipinski definition) is 3. The highest BCUT2D eigenvalue weighted by molar-refractivity contribution is 7.80. The number of thiocarbonyl (C=S) groups is 1. The third-order valence-corrected chi connectivity index (χ3v) is 3.12. The van der Waals surface area contributed by atoms with Crippen molar-refractivity contribution in [1.82, 2.24) is 4.98 Å². The molecule has 0 aliphatic heterocycles. The van der Waals surface area contributed by atoms with Gasteiger partial charge >= 0.3 is 0 Å². The Balaban J connectivity index is 2.36. The van der Waals surface area contributed by atoms with Gasteiger partial charge in [-0.25, -0.2) is 4.98 Å². The van der Waals surface area contributed by atoms with Gasteiger partial charge in [-0.05, 0) is 43.2 Å². The van der Waals surface area contributed by atoms with Gasteiger partial charge in [-0.1, -0.05) is 31.3 Å². The number of aryl methyl sites for hydroxylation is 2. The molecule has 0 spiro atoms. The van der Waals surface area contributed by atoms with E-state index in [2.05, 4.69) is 29.4 Å². The lowest BCUT2D eigenvalue weighted by Crippen LogP contribution is -2.13. The number of rotatable bonds is 4. The second kappa shape index (κ2) is 5.80. The molecule has 1 heterocycles. The van der Waals surface area contributed by atoms with Crippen molar-refractivity contribution in [3.63, 3.8) is 0 Å². The summed E-state index contributed by atoms with van der Waals surface area (Å²) < 4.78 is 0. The van der Waals surface area contributed by atoms with E-state index in [-0.39, 0.29) is 0 Å². The predicted octanol–water partition coefficient (Wildman–Crippen LogP) is 3.33. The molecular weight excluding hydrogens is 254 g/mol. The molecule has 0 aliphatic carbocycles. The Hall–Kier alpha value is -1.94. The molecule has 0 saturated heterocycles. The smallest absolute Gasteiger partial charge is 0.140 e. The SMILES string of the molecule is CCc1cccc(Nc2nc(C)ccc2C(N)=S)c1. The fourth-order valence-corrected chi connectivity index (χ4v) is 2.02. The van der Waals surface area contributed by atoms with Gasteiger partial charge in [0.1, 0.15) is 10.8 Å². The number of nitrogens with one attached hydrogen (secondary N) is 1. The number of pyridine rings is 1. The first-order valence-corrected chi connectivity index (χ1v) is 6.64. The Kier molecular flexibility index (Phi) is 4.12. The van der Waals surface area contributed by atoms with E-state index < -0.39 is 0 Å². The maximum Gasteiger partial charge on any atom is 0.140 e. The van der Waals surface area contributed by atoms with E-state index in [9.17, 15) is 0 Å². The highest BCUT2D eigenvalue weighted by atomic mass is 32.1. The molecule has 98 valence electrons. The lowest BCUT2D eigenvalue weighted by Gasteiger charge is -2.11. The van der Waals surface area contributed by atoms with E-state index in [1.54, 1.807) is 0 Å². The summed E-state index contributed by atoms with van der Waals surface area (Å²) in [6.45, 7) is 4.07. The largest absolute Gasteiger partial charge is 0.389 e. The maximum atomic E-state index is 5.73. The third kappa shape index (κ3) is 3.29. The Labute approximate surface area is 118 Å². The molecule has 1 aromatic heterocycles. The summed E-state index contributed by atoms with van der Waals surface area (Å²) in [7, 11) is 0. The normalized spacial score (nSPS) is 10.2. The molecule has 0 bridgehead atoms. The van der Waals surface area contributed by atoms with Crippen LogP contribution in [0.3, 0.4) is 0 Å². The van der Waals surface area contributed by atoms with Crippen LogP contribution in [0.5, 0.6) is 0 Å². The Morgan fingerprint density at radius 3 is 2.79 bits per heavy atom. The van der Waals surface area contributed by atoms with Gasteiger partial charge in [0.2, 0.25) is 0 Å². The summed E-state index contributed by atoms with van der Waals surface area (Å²) in [5.41, 5.74) is 9.69. The van der Waals surface area contributed by atoms with E-state index >= 15 is 0 Å². The van der Waals surface area contributed by atoms with E-state index in [0.717, 1.165) is 23.4 Å². The van der Waals surface area contributed by atoms with Crippen molar-refractivity contribution >= 4 is 28.7 Å². The summed E-state index contributed by atoms with van der Waals surface area (Å²) in [6, 6.07) is 12.0. The Morgan fingerprint density at radius 1 is 1.32 bits per heavy atom. The number of hydrogen-bond donors (Lipinski definition) is 2. The Bertz CT molecular complexity index is 608. The first kappa shape index (κ1) is 13.5. The second-order valence-electron chi connectivity index (χ2n) is 4.39. The Morgan fingerprint density at radius 2 is 2.11 bits per heavy atom. The molecule has 3 N–H and O–H groups in total. The fraction of sp³-hybridized carbons (Fsp3) is 0.200. The summed E-state index contributed by atoms with van der Waals surface area (Å²) in [5.74, 6) is 0.709. The number of anilines is 2. The molecule has 3 nitrogen and oxygen atoms in total. The summed E-state index contributed by atoms with van der Waals surface area (Å²) in [6.07, 6.45) is 0.999. The molecule has 1 aromatic carbocycles. The van der Waals surface area contributed by atoms with Crippen molar-refractivity contribution in [1.29, 1.82) is 0 Å². The van der Waals surface area contributed by atoms with Crippen LogP contribution in [0.2, 0.25) is 0 Å². The van der Waals surface area contributed by atoms with Crippen molar-refractivity contribution in [2.75, 3.05) is 5.32 Å². The van der Waals surface area contributed by atoms with E-state index in [1.807, 2.05) is 31.2 Å². The maximum absolute atomic E-state index is 5.73. The highest BCUT2D eigenvalue weighted by Gasteiger charge is 2.07. The van der Waals surface area contributed by atoms with Crippen LogP contribution < -0.4 is 11.1 Å². The van der Waals surface area contributed by atoms with Gasteiger partial charge in [0.15, 0.2) is 0 Å². The number of aromatic nitrogens is 1. The van der Waals surface area contributed by atoms with E-state index in [4.69, 9.17) is 18.0 Å². The van der Waals surface area contributed by atoms with Gasteiger partial charge in [-0.15, -0.1) is 0 Å². The minimum absolute atomic E-state index is 0.349. The lowest BCUT2D eigenvalue weighted by atomic mass is 10.1. The van der Waals surface area contributed by atoms with Crippen LogP contribution in [-0.4, -0.2) is 9.97 Å². The fourth-order valence-electron chi connectivity index (χ4n) is 1.86. The zero-order valence-corrected chi connectivity index (χ0v) is 11.9. The number of benzene rings is 1. The molecule has 4 heteroatoms. The average molecular weight is 271 g/mol.